The number of anilines is 1. The second kappa shape index (κ2) is 8.52. The van der Waals surface area contributed by atoms with E-state index in [1.807, 2.05) is 18.2 Å². The van der Waals surface area contributed by atoms with Gasteiger partial charge in [0.25, 0.3) is 0 Å². The maximum absolute atomic E-state index is 5.36. The van der Waals surface area contributed by atoms with Crippen molar-refractivity contribution in [3.63, 3.8) is 0 Å². The fraction of sp³-hybridized carbons (Fsp3) is 0.579. The molecule has 0 aliphatic heterocycles. The van der Waals surface area contributed by atoms with Crippen molar-refractivity contribution in [1.29, 1.82) is 0 Å². The number of methoxy groups -OCH3 is 2. The number of hydrogen-bond donors (Lipinski definition) is 2. The fourth-order valence-electron chi connectivity index (χ4n) is 3.99. The smallest absolute Gasteiger partial charge is 0.191 e. The van der Waals surface area contributed by atoms with Crippen LogP contribution in [-0.4, -0.2) is 25.0 Å². The van der Waals surface area contributed by atoms with E-state index in [-0.39, 0.29) is 0 Å². The van der Waals surface area contributed by atoms with Crippen LogP contribution < -0.4 is 20.2 Å². The number of nitrogens with one attached hydrogen (secondary N) is 2. The summed E-state index contributed by atoms with van der Waals surface area (Å²) in [6.07, 6.45) is 9.04. The van der Waals surface area contributed by atoms with Crippen LogP contribution in [0.15, 0.2) is 23.3 Å². The van der Waals surface area contributed by atoms with Crippen molar-refractivity contribution in [2.75, 3.05) is 19.5 Å². The Morgan fingerprint density at radius 3 is 2.60 bits per heavy atom. The first-order valence-corrected chi connectivity index (χ1v) is 9.45. The molecule has 25 heavy (non-hydrogen) atoms. The molecule has 6 heteroatoms. The van der Waals surface area contributed by atoms with Gasteiger partial charge in [0.05, 0.1) is 14.2 Å². The first-order chi connectivity index (χ1) is 12.2. The van der Waals surface area contributed by atoms with E-state index >= 15 is 0 Å². The Hall–Kier alpha value is -1.82. The van der Waals surface area contributed by atoms with Gasteiger partial charge in [0.2, 0.25) is 0 Å². The van der Waals surface area contributed by atoms with Crippen LogP contribution in [0.3, 0.4) is 0 Å². The van der Waals surface area contributed by atoms with Crippen molar-refractivity contribution in [2.24, 2.45) is 16.9 Å². The summed E-state index contributed by atoms with van der Waals surface area (Å²) in [7, 11) is 3.24. The van der Waals surface area contributed by atoms with Gasteiger partial charge in [0, 0.05) is 17.5 Å². The molecule has 1 aromatic carbocycles. The zero-order valence-corrected chi connectivity index (χ0v) is 15.8. The number of thiocarbonyl (C=S) groups is 1. The predicted octanol–water partition coefficient (Wildman–Crippen LogP) is 4.34. The summed E-state index contributed by atoms with van der Waals surface area (Å²) in [5.74, 6) is 3.11. The summed E-state index contributed by atoms with van der Waals surface area (Å²) in [4.78, 5) is 0. The third-order valence-electron chi connectivity index (χ3n) is 5.32. The zero-order chi connectivity index (χ0) is 17.6. The van der Waals surface area contributed by atoms with Crippen LogP contribution in [-0.2, 0) is 0 Å². The molecule has 0 radical (unpaired) electrons. The van der Waals surface area contributed by atoms with Crippen molar-refractivity contribution in [1.82, 2.24) is 5.43 Å². The van der Waals surface area contributed by atoms with Crippen LogP contribution in [0.25, 0.3) is 0 Å². The average Bonchev–Trinajstić information content (AvgIpc) is 2.66. The number of fused-ring (bicyclic) bond motifs is 1. The third kappa shape index (κ3) is 4.63. The lowest BCUT2D eigenvalue weighted by Crippen LogP contribution is -2.30. The van der Waals surface area contributed by atoms with E-state index in [9.17, 15) is 0 Å². The first kappa shape index (κ1) is 18.0. The summed E-state index contributed by atoms with van der Waals surface area (Å²) < 4.78 is 10.6. The zero-order valence-electron chi connectivity index (χ0n) is 15.0. The molecule has 0 heterocycles. The Kier molecular flexibility index (Phi) is 6.13. The third-order valence-corrected chi connectivity index (χ3v) is 5.52. The summed E-state index contributed by atoms with van der Waals surface area (Å²) in [6, 6.07) is 5.60. The first-order valence-electron chi connectivity index (χ1n) is 9.04. The molecule has 2 N–H and O–H groups in total. The van der Waals surface area contributed by atoms with Gasteiger partial charge in [-0.3, -0.25) is 5.43 Å². The Morgan fingerprint density at radius 1 is 1.08 bits per heavy atom. The van der Waals surface area contributed by atoms with E-state index in [1.165, 1.54) is 37.8 Å². The highest BCUT2D eigenvalue weighted by atomic mass is 32.1. The quantitative estimate of drug-likeness (QED) is 0.617. The fourth-order valence-corrected chi connectivity index (χ4v) is 4.16. The molecule has 2 atom stereocenters. The molecular formula is C19H27N3O2S. The monoisotopic (exact) mass is 361 g/mol. The standard InChI is InChI=1S/C19H27N3O2S/c1-23-17-10-9-15(12-18(17)24-2)20-19(25)22-21-16-8-7-13-5-3-4-6-14(13)11-16/h9-10,12-14H,3-8,11H2,1-2H3,(H2,20,22,25)/b21-16+/t13-,14+/m0/s1. The van der Waals surface area contributed by atoms with E-state index in [0.29, 0.717) is 16.6 Å². The van der Waals surface area contributed by atoms with Crippen molar-refractivity contribution < 1.29 is 9.47 Å². The van der Waals surface area contributed by atoms with Crippen LogP contribution >= 0.6 is 12.2 Å². The second-order valence-corrected chi connectivity index (χ2v) is 7.27. The van der Waals surface area contributed by atoms with E-state index in [2.05, 4.69) is 15.8 Å². The Balaban J connectivity index is 1.54. The normalized spacial score (nSPS) is 24.3. The maximum Gasteiger partial charge on any atom is 0.191 e. The van der Waals surface area contributed by atoms with Crippen LogP contribution in [0.1, 0.15) is 44.9 Å². The minimum atomic E-state index is 0.491. The van der Waals surface area contributed by atoms with Gasteiger partial charge >= 0.3 is 0 Å². The van der Waals surface area contributed by atoms with Crippen molar-refractivity contribution in [3.8, 4) is 11.5 Å². The number of ether oxygens (including phenoxy) is 2. The van der Waals surface area contributed by atoms with Gasteiger partial charge in [-0.2, -0.15) is 5.10 Å². The topological polar surface area (TPSA) is 54.9 Å². The Morgan fingerprint density at radius 2 is 1.84 bits per heavy atom. The molecule has 2 saturated carbocycles. The highest BCUT2D eigenvalue weighted by Gasteiger charge is 2.30. The van der Waals surface area contributed by atoms with Gasteiger partial charge in [0.15, 0.2) is 16.6 Å². The van der Waals surface area contributed by atoms with Gasteiger partial charge in [0.1, 0.15) is 0 Å². The molecule has 0 aromatic heterocycles. The summed E-state index contributed by atoms with van der Waals surface area (Å²) in [5.41, 5.74) is 5.09. The number of hydrogen-bond acceptors (Lipinski definition) is 4. The summed E-state index contributed by atoms with van der Waals surface area (Å²) >= 11 is 5.36. The van der Waals surface area contributed by atoms with E-state index in [4.69, 9.17) is 21.7 Å². The van der Waals surface area contributed by atoms with Crippen molar-refractivity contribution >= 4 is 28.7 Å². The molecule has 2 aliphatic carbocycles. The number of rotatable bonds is 4. The van der Waals surface area contributed by atoms with Crippen LogP contribution in [0.5, 0.6) is 11.5 Å². The molecular weight excluding hydrogens is 334 g/mol. The van der Waals surface area contributed by atoms with Crippen LogP contribution in [0.4, 0.5) is 5.69 Å². The number of nitrogens with zero attached hydrogens (tertiary/aromatic N) is 1. The molecule has 5 nitrogen and oxygen atoms in total. The molecule has 0 saturated heterocycles. The molecule has 0 unspecified atom stereocenters. The molecule has 0 amide bonds. The second-order valence-electron chi connectivity index (χ2n) is 6.86. The molecule has 2 aliphatic rings. The SMILES string of the molecule is COc1ccc(NC(=S)N/N=C2\CC[C@@H]3CCCC[C@@H]3C2)cc1OC. The molecule has 0 bridgehead atoms. The number of hydrazone groups is 1. The average molecular weight is 362 g/mol. The molecule has 1 aromatic rings. The minimum Gasteiger partial charge on any atom is -0.493 e. The summed E-state index contributed by atoms with van der Waals surface area (Å²) in [5, 5.41) is 8.19. The minimum absolute atomic E-state index is 0.491. The van der Waals surface area contributed by atoms with Crippen molar-refractivity contribution in [3.05, 3.63) is 18.2 Å². The van der Waals surface area contributed by atoms with Gasteiger partial charge in [-0.15, -0.1) is 0 Å². The van der Waals surface area contributed by atoms with Crippen molar-refractivity contribution in [2.45, 2.75) is 44.9 Å². The van der Waals surface area contributed by atoms with E-state index in [0.717, 1.165) is 30.4 Å². The highest BCUT2D eigenvalue weighted by molar-refractivity contribution is 7.80. The van der Waals surface area contributed by atoms with Gasteiger partial charge in [-0.05, 0) is 61.9 Å². The van der Waals surface area contributed by atoms with Gasteiger partial charge < -0.3 is 14.8 Å². The van der Waals surface area contributed by atoms with E-state index < -0.39 is 0 Å². The highest BCUT2D eigenvalue weighted by Crippen LogP contribution is 2.39. The molecule has 3 rings (SSSR count). The predicted molar refractivity (Wildman–Crippen MR) is 106 cm³/mol. The summed E-state index contributed by atoms with van der Waals surface area (Å²) in [6.45, 7) is 0. The van der Waals surface area contributed by atoms with E-state index in [1.54, 1.807) is 14.2 Å². The Bertz CT molecular complexity index is 648. The lowest BCUT2D eigenvalue weighted by Gasteiger charge is -2.35. The lowest BCUT2D eigenvalue weighted by molar-refractivity contribution is 0.218. The molecule has 0 spiro atoms. The van der Waals surface area contributed by atoms with Crippen LogP contribution in [0.2, 0.25) is 0 Å². The molecule has 136 valence electrons. The molecule has 2 fully saturated rings. The van der Waals surface area contributed by atoms with Crippen LogP contribution in [0, 0.1) is 11.8 Å². The maximum atomic E-state index is 5.36. The van der Waals surface area contributed by atoms with Gasteiger partial charge in [-0.1, -0.05) is 19.3 Å². The largest absolute Gasteiger partial charge is 0.493 e. The lowest BCUT2D eigenvalue weighted by atomic mass is 9.70. The number of benzene rings is 1. The van der Waals surface area contributed by atoms with Gasteiger partial charge in [-0.25, -0.2) is 0 Å². The Labute approximate surface area is 155 Å².